The van der Waals surface area contributed by atoms with Crippen LogP contribution in [0.1, 0.15) is 41.4 Å². The van der Waals surface area contributed by atoms with Gasteiger partial charge in [0.2, 0.25) is 5.72 Å². The Morgan fingerprint density at radius 2 is 1.90 bits per heavy atom. The normalized spacial score (nSPS) is 15.7. The van der Waals surface area contributed by atoms with Crippen molar-refractivity contribution in [1.82, 2.24) is 19.1 Å². The molecule has 3 aromatic carbocycles. The van der Waals surface area contributed by atoms with Crippen LogP contribution in [0.15, 0.2) is 73.2 Å². The number of hydrogen-bond acceptors (Lipinski definition) is 8. The van der Waals surface area contributed by atoms with Gasteiger partial charge in [-0.25, -0.2) is 14.8 Å². The first-order chi connectivity index (χ1) is 19.9. The molecule has 1 unspecified atom stereocenters. The SMILES string of the molecule is CCCCn1c(-c2ccc3c(c2)NC(OC)(c2ccc([N+](=O)[O-])cc2)c2cncn2-3)nc2cc(C(=O)OC)ccc21. The Morgan fingerprint density at radius 3 is 2.61 bits per heavy atom. The number of nitrogens with zero attached hydrogens (tertiary/aromatic N) is 5. The van der Waals surface area contributed by atoms with Crippen LogP contribution < -0.4 is 5.32 Å². The summed E-state index contributed by atoms with van der Waals surface area (Å²) in [7, 11) is 2.95. The molecule has 208 valence electrons. The van der Waals surface area contributed by atoms with Crippen molar-refractivity contribution in [3.63, 3.8) is 0 Å². The number of carbonyl (C=O) groups is 1. The molecule has 0 amide bonds. The molecule has 0 fully saturated rings. The van der Waals surface area contributed by atoms with E-state index in [1.165, 1.54) is 19.2 Å². The van der Waals surface area contributed by atoms with Crippen molar-refractivity contribution in [2.24, 2.45) is 0 Å². The summed E-state index contributed by atoms with van der Waals surface area (Å²) in [6, 6.07) is 17.7. The van der Waals surface area contributed by atoms with E-state index in [0.29, 0.717) is 16.6 Å². The van der Waals surface area contributed by atoms with E-state index in [1.54, 1.807) is 43.9 Å². The fourth-order valence-electron chi connectivity index (χ4n) is 5.44. The van der Waals surface area contributed by atoms with Crippen LogP contribution in [0.2, 0.25) is 0 Å². The number of anilines is 1. The lowest BCUT2D eigenvalue weighted by atomic mass is 9.95. The second-order valence-electron chi connectivity index (χ2n) is 9.83. The van der Waals surface area contributed by atoms with Crippen molar-refractivity contribution in [2.75, 3.05) is 19.5 Å². The average Bonchev–Trinajstić information content (AvgIpc) is 3.64. The van der Waals surface area contributed by atoms with Crippen LogP contribution in [0, 0.1) is 10.1 Å². The number of hydrogen-bond donors (Lipinski definition) is 1. The molecular formula is C30H28N6O5. The zero-order valence-electron chi connectivity index (χ0n) is 22.8. The Balaban J connectivity index is 1.49. The minimum Gasteiger partial charge on any atom is -0.465 e. The van der Waals surface area contributed by atoms with Crippen LogP contribution in [0.4, 0.5) is 11.4 Å². The van der Waals surface area contributed by atoms with Crippen molar-refractivity contribution in [1.29, 1.82) is 0 Å². The molecule has 41 heavy (non-hydrogen) atoms. The fraction of sp³-hybridized carbons (Fsp3) is 0.233. The number of nitro benzene ring substituents is 1. The molecule has 1 atom stereocenters. The van der Waals surface area contributed by atoms with Gasteiger partial charge in [-0.3, -0.25) is 14.7 Å². The number of carbonyl (C=O) groups excluding carboxylic acids is 1. The van der Waals surface area contributed by atoms with Gasteiger partial charge in [0.15, 0.2) is 0 Å². The second-order valence-corrected chi connectivity index (χ2v) is 9.83. The second kappa shape index (κ2) is 10.2. The number of ether oxygens (including phenoxy) is 2. The minimum atomic E-state index is -1.14. The zero-order chi connectivity index (χ0) is 28.7. The van der Waals surface area contributed by atoms with Crippen LogP contribution in [-0.4, -0.2) is 44.2 Å². The molecule has 0 aliphatic carbocycles. The van der Waals surface area contributed by atoms with Gasteiger partial charge in [0.1, 0.15) is 5.82 Å². The lowest BCUT2D eigenvalue weighted by Crippen LogP contribution is -2.43. The zero-order valence-corrected chi connectivity index (χ0v) is 22.8. The predicted octanol–water partition coefficient (Wildman–Crippen LogP) is 5.66. The van der Waals surface area contributed by atoms with Crippen molar-refractivity contribution >= 4 is 28.4 Å². The van der Waals surface area contributed by atoms with Crippen LogP contribution in [0.25, 0.3) is 28.1 Å². The number of fused-ring (bicyclic) bond motifs is 4. The number of nitro groups is 1. The van der Waals surface area contributed by atoms with E-state index >= 15 is 0 Å². The summed E-state index contributed by atoms with van der Waals surface area (Å²) in [5.74, 6) is 0.364. The first-order valence-electron chi connectivity index (χ1n) is 13.2. The van der Waals surface area contributed by atoms with Gasteiger partial charge in [-0.1, -0.05) is 13.3 Å². The molecule has 0 saturated heterocycles. The highest BCUT2D eigenvalue weighted by Gasteiger charge is 2.42. The summed E-state index contributed by atoms with van der Waals surface area (Å²) in [6.45, 7) is 2.91. The van der Waals surface area contributed by atoms with E-state index in [0.717, 1.165) is 53.4 Å². The third-order valence-corrected chi connectivity index (χ3v) is 7.52. The quantitative estimate of drug-likeness (QED) is 0.149. The molecule has 0 radical (unpaired) electrons. The van der Waals surface area contributed by atoms with Gasteiger partial charge in [-0.05, 0) is 55.0 Å². The third kappa shape index (κ3) is 4.21. The maximum atomic E-state index is 12.2. The van der Waals surface area contributed by atoms with Crippen LogP contribution >= 0.6 is 0 Å². The number of aromatic nitrogens is 4. The van der Waals surface area contributed by atoms with E-state index in [9.17, 15) is 14.9 Å². The molecule has 1 aliphatic rings. The average molecular weight is 553 g/mol. The number of nitrogens with one attached hydrogen (secondary N) is 1. The number of methoxy groups -OCH3 is 2. The van der Waals surface area contributed by atoms with Crippen molar-refractivity contribution in [3.8, 4) is 17.1 Å². The summed E-state index contributed by atoms with van der Waals surface area (Å²) in [5.41, 5.74) is 4.88. The molecule has 1 aliphatic heterocycles. The molecule has 5 aromatic rings. The molecule has 11 heteroatoms. The number of benzene rings is 3. The highest BCUT2D eigenvalue weighted by Crippen LogP contribution is 2.43. The maximum absolute atomic E-state index is 12.2. The van der Waals surface area contributed by atoms with E-state index in [-0.39, 0.29) is 5.69 Å². The number of non-ortho nitro benzene ring substituents is 1. The highest BCUT2D eigenvalue weighted by molar-refractivity contribution is 5.94. The minimum absolute atomic E-state index is 0.00616. The Morgan fingerprint density at radius 1 is 1.10 bits per heavy atom. The summed E-state index contributed by atoms with van der Waals surface area (Å²) in [5, 5.41) is 14.8. The van der Waals surface area contributed by atoms with Crippen molar-refractivity contribution in [3.05, 3.63) is 100 Å². The first kappa shape index (κ1) is 26.2. The maximum Gasteiger partial charge on any atom is 0.337 e. The fourth-order valence-corrected chi connectivity index (χ4v) is 5.44. The molecule has 2 aromatic heterocycles. The highest BCUT2D eigenvalue weighted by atomic mass is 16.6. The number of imidazole rings is 2. The molecule has 0 spiro atoms. The van der Waals surface area contributed by atoms with E-state index < -0.39 is 16.6 Å². The number of unbranched alkanes of at least 4 members (excludes halogenated alkanes) is 1. The lowest BCUT2D eigenvalue weighted by molar-refractivity contribution is -0.384. The Bertz CT molecular complexity index is 1790. The van der Waals surface area contributed by atoms with Crippen LogP contribution in [-0.2, 0) is 21.7 Å². The van der Waals surface area contributed by atoms with E-state index in [2.05, 4.69) is 21.8 Å². The summed E-state index contributed by atoms with van der Waals surface area (Å²) < 4.78 is 15.1. The van der Waals surface area contributed by atoms with Gasteiger partial charge >= 0.3 is 5.97 Å². The van der Waals surface area contributed by atoms with Crippen molar-refractivity contribution in [2.45, 2.75) is 32.0 Å². The summed E-state index contributed by atoms with van der Waals surface area (Å²) >= 11 is 0. The first-order valence-corrected chi connectivity index (χ1v) is 13.2. The van der Waals surface area contributed by atoms with E-state index in [4.69, 9.17) is 14.5 Å². The molecule has 11 nitrogen and oxygen atoms in total. The van der Waals surface area contributed by atoms with Crippen LogP contribution in [0.5, 0.6) is 0 Å². The largest absolute Gasteiger partial charge is 0.465 e. The number of aryl methyl sites for hydroxylation is 1. The number of esters is 1. The summed E-state index contributed by atoms with van der Waals surface area (Å²) in [6.07, 6.45) is 5.42. The van der Waals surface area contributed by atoms with Gasteiger partial charge in [-0.15, -0.1) is 0 Å². The standard InChI is InChI=1S/C30H28N6O5/c1-4-5-14-34-25-13-7-20(29(37)40-2)16-23(25)32-28(34)19-6-12-26-24(15-19)33-30(41-3,27-17-31-18-35(26)27)21-8-10-22(11-9-21)36(38)39/h6-13,15-18,33H,4-5,14H2,1-3H3. The molecule has 0 saturated carbocycles. The Hall–Kier alpha value is -5.03. The smallest absolute Gasteiger partial charge is 0.337 e. The van der Waals surface area contributed by atoms with Gasteiger partial charge in [0, 0.05) is 36.9 Å². The predicted molar refractivity (Wildman–Crippen MR) is 153 cm³/mol. The molecule has 0 bridgehead atoms. The van der Waals surface area contributed by atoms with Crippen molar-refractivity contribution < 1.29 is 19.2 Å². The molecular weight excluding hydrogens is 524 g/mol. The molecule has 3 heterocycles. The van der Waals surface area contributed by atoms with Gasteiger partial charge < -0.3 is 19.4 Å². The molecule has 6 rings (SSSR count). The Kier molecular flexibility index (Phi) is 6.50. The topological polar surface area (TPSA) is 126 Å². The lowest BCUT2D eigenvalue weighted by Gasteiger charge is -2.39. The molecule has 1 N–H and O–H groups in total. The third-order valence-electron chi connectivity index (χ3n) is 7.52. The Labute approximate surface area is 235 Å². The van der Waals surface area contributed by atoms with Gasteiger partial charge in [-0.2, -0.15) is 0 Å². The van der Waals surface area contributed by atoms with Crippen LogP contribution in [0.3, 0.4) is 0 Å². The van der Waals surface area contributed by atoms with Gasteiger partial charge in [0.25, 0.3) is 5.69 Å². The monoisotopic (exact) mass is 552 g/mol. The van der Waals surface area contributed by atoms with E-state index in [1.807, 2.05) is 28.8 Å². The summed E-state index contributed by atoms with van der Waals surface area (Å²) in [4.78, 5) is 32.3. The van der Waals surface area contributed by atoms with Gasteiger partial charge in [0.05, 0.1) is 58.2 Å². The number of rotatable bonds is 8.